The molecule has 0 N–H and O–H groups in total. The summed E-state index contributed by atoms with van der Waals surface area (Å²) >= 11 is 0. The number of rotatable bonds is 22. The average molecular weight is 569 g/mol. The predicted molar refractivity (Wildman–Crippen MR) is 146 cm³/mol. The number of esters is 5. The summed E-state index contributed by atoms with van der Waals surface area (Å²) in [5.74, 6) is -4.29. The van der Waals surface area contributed by atoms with Crippen LogP contribution in [0.4, 0.5) is 0 Å². The summed E-state index contributed by atoms with van der Waals surface area (Å²) in [6, 6.07) is 0. The maximum Gasteiger partial charge on any atom is 0.379 e. The van der Waals surface area contributed by atoms with Crippen molar-refractivity contribution >= 4 is 29.8 Å². The van der Waals surface area contributed by atoms with Crippen molar-refractivity contribution in [2.45, 2.75) is 143 Å². The van der Waals surface area contributed by atoms with Gasteiger partial charge in [-0.3, -0.25) is 19.2 Å². The first-order valence-corrected chi connectivity index (χ1v) is 15.0. The second kappa shape index (κ2) is 20.9. The molecule has 228 valence electrons. The molecule has 0 aromatic rings. The van der Waals surface area contributed by atoms with E-state index in [2.05, 4.69) is 0 Å². The van der Waals surface area contributed by atoms with Crippen LogP contribution in [-0.4, -0.2) is 48.7 Å². The largest absolute Gasteiger partial charge is 0.462 e. The highest BCUT2D eigenvalue weighted by molar-refractivity contribution is 5.93. The van der Waals surface area contributed by atoms with Crippen molar-refractivity contribution in [3.63, 3.8) is 0 Å². The predicted octanol–water partition coefficient (Wildman–Crippen LogP) is 5.99. The molecular formula is C30H48O10. The fraction of sp³-hybridized carbons (Fsp3) is 0.767. The van der Waals surface area contributed by atoms with E-state index in [-0.39, 0.29) is 31.4 Å². The van der Waals surface area contributed by atoms with E-state index in [0.29, 0.717) is 25.7 Å². The van der Waals surface area contributed by atoms with Crippen LogP contribution in [0.5, 0.6) is 0 Å². The summed E-state index contributed by atoms with van der Waals surface area (Å²) in [4.78, 5) is 62.8. The highest BCUT2D eigenvalue weighted by Gasteiger charge is 2.46. The summed E-state index contributed by atoms with van der Waals surface area (Å²) in [5.41, 5.74) is 0. The Morgan fingerprint density at radius 2 is 1.10 bits per heavy atom. The molecule has 1 unspecified atom stereocenters. The third-order valence-corrected chi connectivity index (χ3v) is 6.31. The van der Waals surface area contributed by atoms with Crippen molar-refractivity contribution in [3.05, 3.63) is 11.5 Å². The first-order chi connectivity index (χ1) is 19.3. The zero-order valence-electron chi connectivity index (χ0n) is 24.8. The van der Waals surface area contributed by atoms with Gasteiger partial charge in [0.1, 0.15) is 6.61 Å². The van der Waals surface area contributed by atoms with Gasteiger partial charge >= 0.3 is 29.8 Å². The van der Waals surface area contributed by atoms with Crippen molar-refractivity contribution in [1.82, 2.24) is 0 Å². The fourth-order valence-electron chi connectivity index (χ4n) is 3.97. The Kier molecular flexibility index (Phi) is 18.4. The number of carbonyl (C=O) groups excluding carboxylic acids is 5. The normalized spacial score (nSPS) is 15.4. The molecule has 0 amide bonds. The highest BCUT2D eigenvalue weighted by atomic mass is 16.7. The van der Waals surface area contributed by atoms with Gasteiger partial charge in [0.2, 0.25) is 11.9 Å². The number of hydrogen-bond acceptors (Lipinski definition) is 10. The van der Waals surface area contributed by atoms with E-state index in [9.17, 15) is 24.0 Å². The molecule has 40 heavy (non-hydrogen) atoms. The SMILES string of the molecule is CCCCCC(=O)OCC(OC(=O)CCCCC)[C@H]1OC(=O)C(OC(=O)CCCCC)=C1OC(=O)CCCCC. The molecule has 1 heterocycles. The van der Waals surface area contributed by atoms with Gasteiger partial charge in [-0.05, 0) is 25.7 Å². The van der Waals surface area contributed by atoms with Gasteiger partial charge in [-0.1, -0.05) is 79.1 Å². The van der Waals surface area contributed by atoms with Crippen LogP contribution in [-0.2, 0) is 47.7 Å². The van der Waals surface area contributed by atoms with Crippen LogP contribution in [0.1, 0.15) is 130 Å². The lowest BCUT2D eigenvalue weighted by molar-refractivity contribution is -0.172. The van der Waals surface area contributed by atoms with Crippen LogP contribution >= 0.6 is 0 Å². The molecule has 0 radical (unpaired) electrons. The minimum Gasteiger partial charge on any atom is -0.462 e. The van der Waals surface area contributed by atoms with Crippen molar-refractivity contribution in [2.24, 2.45) is 0 Å². The smallest absolute Gasteiger partial charge is 0.379 e. The topological polar surface area (TPSA) is 132 Å². The summed E-state index contributed by atoms with van der Waals surface area (Å²) < 4.78 is 27.2. The number of hydrogen-bond donors (Lipinski definition) is 0. The Labute approximate surface area is 238 Å². The lowest BCUT2D eigenvalue weighted by Crippen LogP contribution is -2.38. The van der Waals surface area contributed by atoms with Gasteiger partial charge in [0, 0.05) is 25.7 Å². The van der Waals surface area contributed by atoms with E-state index in [0.717, 1.165) is 51.4 Å². The van der Waals surface area contributed by atoms with E-state index >= 15 is 0 Å². The van der Waals surface area contributed by atoms with Gasteiger partial charge in [0.05, 0.1) is 0 Å². The standard InChI is InChI=1S/C30H48O10/c1-5-9-13-17-23(31)36-21-22(37-24(32)18-14-10-6-2)27-28(38-25(33)19-15-11-7-3)29(30(35)40-27)39-26(34)20-16-12-8-4/h22,27H,5-21H2,1-4H3/t22?,27-/m1/s1. The second-order valence-corrected chi connectivity index (χ2v) is 10.0. The Morgan fingerprint density at radius 1 is 0.650 bits per heavy atom. The highest BCUT2D eigenvalue weighted by Crippen LogP contribution is 2.30. The van der Waals surface area contributed by atoms with Gasteiger partial charge in [-0.15, -0.1) is 0 Å². The van der Waals surface area contributed by atoms with Gasteiger partial charge < -0.3 is 23.7 Å². The van der Waals surface area contributed by atoms with Gasteiger partial charge in [0.25, 0.3) is 5.76 Å². The van der Waals surface area contributed by atoms with E-state index < -0.39 is 54.4 Å². The monoisotopic (exact) mass is 568 g/mol. The molecule has 1 aliphatic heterocycles. The number of ether oxygens (including phenoxy) is 5. The zero-order valence-corrected chi connectivity index (χ0v) is 24.8. The average Bonchev–Trinajstić information content (AvgIpc) is 3.21. The van der Waals surface area contributed by atoms with Crippen molar-refractivity contribution in [2.75, 3.05) is 6.61 Å². The summed E-state index contributed by atoms with van der Waals surface area (Å²) in [5, 5.41) is 0. The molecule has 0 aliphatic carbocycles. The molecule has 0 spiro atoms. The molecule has 2 atom stereocenters. The minimum absolute atomic E-state index is 0.0677. The van der Waals surface area contributed by atoms with Crippen LogP contribution in [0.25, 0.3) is 0 Å². The molecule has 0 fully saturated rings. The van der Waals surface area contributed by atoms with E-state index in [1.807, 2.05) is 27.7 Å². The summed E-state index contributed by atoms with van der Waals surface area (Å²) in [7, 11) is 0. The molecule has 0 saturated heterocycles. The third kappa shape index (κ3) is 13.9. The molecule has 10 heteroatoms. The minimum atomic E-state index is -1.42. The van der Waals surface area contributed by atoms with Gasteiger partial charge in [-0.2, -0.15) is 0 Å². The maximum absolute atomic E-state index is 12.8. The second-order valence-electron chi connectivity index (χ2n) is 10.0. The lowest BCUT2D eigenvalue weighted by Gasteiger charge is -2.24. The van der Waals surface area contributed by atoms with Crippen molar-refractivity contribution in [1.29, 1.82) is 0 Å². The van der Waals surface area contributed by atoms with Gasteiger partial charge in [0.15, 0.2) is 6.10 Å². The molecule has 0 aromatic carbocycles. The molecule has 0 aromatic heterocycles. The van der Waals surface area contributed by atoms with Crippen molar-refractivity contribution < 1.29 is 47.7 Å². The lowest BCUT2D eigenvalue weighted by atomic mass is 10.1. The molecule has 0 bridgehead atoms. The Morgan fingerprint density at radius 3 is 1.60 bits per heavy atom. The molecule has 0 saturated carbocycles. The van der Waals surface area contributed by atoms with Crippen LogP contribution in [0, 0.1) is 0 Å². The Balaban J connectivity index is 3.21. The van der Waals surface area contributed by atoms with Crippen LogP contribution < -0.4 is 0 Å². The summed E-state index contributed by atoms with van der Waals surface area (Å²) in [6.45, 7) is 7.58. The summed E-state index contributed by atoms with van der Waals surface area (Å²) in [6.07, 6.45) is 7.03. The Bertz CT molecular complexity index is 847. The van der Waals surface area contributed by atoms with Crippen molar-refractivity contribution in [3.8, 4) is 0 Å². The zero-order chi connectivity index (χ0) is 29.8. The quantitative estimate of drug-likeness (QED) is 0.0872. The van der Waals surface area contributed by atoms with E-state index in [1.165, 1.54) is 0 Å². The first-order valence-electron chi connectivity index (χ1n) is 15.0. The van der Waals surface area contributed by atoms with Crippen LogP contribution in [0.2, 0.25) is 0 Å². The van der Waals surface area contributed by atoms with Crippen LogP contribution in [0.15, 0.2) is 11.5 Å². The Hall–Kier alpha value is -2.91. The molecular weight excluding hydrogens is 520 g/mol. The van der Waals surface area contributed by atoms with Crippen LogP contribution in [0.3, 0.4) is 0 Å². The number of unbranched alkanes of at least 4 members (excludes halogenated alkanes) is 8. The van der Waals surface area contributed by atoms with Gasteiger partial charge in [-0.25, -0.2) is 4.79 Å². The molecule has 10 nitrogen and oxygen atoms in total. The number of carbonyl (C=O) groups is 5. The first kappa shape index (κ1) is 35.1. The maximum atomic E-state index is 12.8. The van der Waals surface area contributed by atoms with E-state index in [1.54, 1.807) is 0 Å². The fourth-order valence-corrected chi connectivity index (χ4v) is 3.97. The molecule has 1 aliphatic rings. The van der Waals surface area contributed by atoms with E-state index in [4.69, 9.17) is 23.7 Å². The third-order valence-electron chi connectivity index (χ3n) is 6.31. The molecule has 1 rings (SSSR count). The number of cyclic esters (lactones) is 1.